The van der Waals surface area contributed by atoms with Crippen LogP contribution in [-0.4, -0.2) is 11.2 Å². The van der Waals surface area contributed by atoms with Gasteiger partial charge in [-0.3, -0.25) is 0 Å². The fourth-order valence-electron chi connectivity index (χ4n) is 1.87. The number of rotatable bonds is 3. The third kappa shape index (κ3) is 2.70. The highest BCUT2D eigenvalue weighted by Gasteiger charge is 2.17. The molecule has 0 saturated heterocycles. The van der Waals surface area contributed by atoms with Crippen LogP contribution in [0.4, 0.5) is 0 Å². The van der Waals surface area contributed by atoms with E-state index in [9.17, 15) is 5.11 Å². The molecule has 0 spiro atoms. The summed E-state index contributed by atoms with van der Waals surface area (Å²) < 4.78 is 0. The van der Waals surface area contributed by atoms with Crippen molar-refractivity contribution in [3.05, 3.63) is 23.8 Å². The van der Waals surface area contributed by atoms with Crippen molar-refractivity contribution in [2.45, 2.75) is 45.6 Å². The van der Waals surface area contributed by atoms with Gasteiger partial charge in [0, 0.05) is 0 Å². The van der Waals surface area contributed by atoms with Crippen molar-refractivity contribution < 1.29 is 5.11 Å². The summed E-state index contributed by atoms with van der Waals surface area (Å²) in [5.41, 5.74) is 2.52. The average molecular weight is 180 g/mol. The highest BCUT2D eigenvalue weighted by molar-refractivity contribution is 5.15. The van der Waals surface area contributed by atoms with Gasteiger partial charge in [-0.05, 0) is 44.1 Å². The molecular formula is C12H20O. The predicted octanol–water partition coefficient (Wildman–Crippen LogP) is 3.06. The first-order valence-electron chi connectivity index (χ1n) is 5.17. The fraction of sp³-hybridized carbons (Fsp3) is 0.667. The molecule has 1 aliphatic carbocycles. The van der Waals surface area contributed by atoms with Crippen molar-refractivity contribution in [1.82, 2.24) is 0 Å². The van der Waals surface area contributed by atoms with Crippen molar-refractivity contribution in [3.8, 4) is 0 Å². The highest BCUT2D eigenvalue weighted by Crippen LogP contribution is 2.29. The Kier molecular flexibility index (Phi) is 3.73. The van der Waals surface area contributed by atoms with E-state index in [1.807, 2.05) is 6.92 Å². The van der Waals surface area contributed by atoms with Crippen LogP contribution in [0.25, 0.3) is 0 Å². The normalized spacial score (nSPS) is 25.2. The Morgan fingerprint density at radius 2 is 2.46 bits per heavy atom. The molecule has 0 aromatic carbocycles. The number of aliphatic hydroxyl groups is 1. The zero-order chi connectivity index (χ0) is 9.84. The third-order valence-corrected chi connectivity index (χ3v) is 2.96. The van der Waals surface area contributed by atoms with Crippen LogP contribution in [0.15, 0.2) is 23.8 Å². The van der Waals surface area contributed by atoms with Crippen molar-refractivity contribution in [3.63, 3.8) is 0 Å². The summed E-state index contributed by atoms with van der Waals surface area (Å²) in [6, 6.07) is 0. The van der Waals surface area contributed by atoms with Gasteiger partial charge < -0.3 is 5.11 Å². The molecule has 74 valence electrons. The van der Waals surface area contributed by atoms with Gasteiger partial charge in [0.2, 0.25) is 0 Å². The van der Waals surface area contributed by atoms with E-state index in [4.69, 9.17) is 0 Å². The minimum Gasteiger partial charge on any atom is -0.389 e. The third-order valence-electron chi connectivity index (χ3n) is 2.96. The van der Waals surface area contributed by atoms with Crippen LogP contribution in [0, 0.1) is 5.92 Å². The summed E-state index contributed by atoms with van der Waals surface area (Å²) in [6.07, 6.45) is 6.12. The van der Waals surface area contributed by atoms with Crippen LogP contribution in [0.2, 0.25) is 0 Å². The molecule has 2 unspecified atom stereocenters. The lowest BCUT2D eigenvalue weighted by Gasteiger charge is -2.24. The van der Waals surface area contributed by atoms with E-state index in [0.29, 0.717) is 5.92 Å². The number of hydrogen-bond donors (Lipinski definition) is 1. The summed E-state index contributed by atoms with van der Waals surface area (Å²) in [5.74, 6) is 0.646. The maximum atomic E-state index is 9.62. The molecule has 0 fully saturated rings. The maximum Gasteiger partial charge on any atom is 0.0747 e. The van der Waals surface area contributed by atoms with Crippen LogP contribution >= 0.6 is 0 Å². The van der Waals surface area contributed by atoms with Crippen molar-refractivity contribution in [2.75, 3.05) is 0 Å². The summed E-state index contributed by atoms with van der Waals surface area (Å²) in [5, 5.41) is 9.62. The zero-order valence-electron chi connectivity index (χ0n) is 8.71. The molecule has 0 bridgehead atoms. The minimum atomic E-state index is -0.203. The molecule has 2 atom stereocenters. The van der Waals surface area contributed by atoms with E-state index in [1.165, 1.54) is 11.1 Å². The molecule has 0 amide bonds. The first kappa shape index (κ1) is 10.5. The largest absolute Gasteiger partial charge is 0.389 e. The van der Waals surface area contributed by atoms with Gasteiger partial charge in [-0.2, -0.15) is 0 Å². The van der Waals surface area contributed by atoms with E-state index >= 15 is 0 Å². The van der Waals surface area contributed by atoms with Gasteiger partial charge in [-0.15, -0.1) is 0 Å². The summed E-state index contributed by atoms with van der Waals surface area (Å²) in [6.45, 7) is 8.10. The van der Waals surface area contributed by atoms with Gasteiger partial charge in [0.15, 0.2) is 0 Å². The van der Waals surface area contributed by atoms with Gasteiger partial charge in [0.1, 0.15) is 0 Å². The van der Waals surface area contributed by atoms with Gasteiger partial charge in [-0.25, -0.2) is 0 Å². The molecule has 1 nitrogen and oxygen atoms in total. The Morgan fingerprint density at radius 3 is 2.85 bits per heavy atom. The summed E-state index contributed by atoms with van der Waals surface area (Å²) >= 11 is 0. The molecule has 0 saturated carbocycles. The topological polar surface area (TPSA) is 20.2 Å². The lowest BCUT2D eigenvalue weighted by Crippen LogP contribution is -2.15. The van der Waals surface area contributed by atoms with E-state index in [1.54, 1.807) is 0 Å². The zero-order valence-corrected chi connectivity index (χ0v) is 8.71. The van der Waals surface area contributed by atoms with Crippen molar-refractivity contribution in [1.29, 1.82) is 0 Å². The molecule has 1 aliphatic rings. The Balaban J connectivity index is 2.52. The SMILES string of the molecule is C=C(C)C1CC=C(C(O)CC)CC1. The van der Waals surface area contributed by atoms with Crippen LogP contribution in [0.1, 0.15) is 39.5 Å². The molecule has 1 N–H and O–H groups in total. The molecule has 0 heterocycles. The molecule has 0 radical (unpaired) electrons. The second-order valence-electron chi connectivity index (χ2n) is 4.02. The Bertz CT molecular complexity index is 215. The van der Waals surface area contributed by atoms with Crippen LogP contribution < -0.4 is 0 Å². The Hall–Kier alpha value is -0.560. The lowest BCUT2D eigenvalue weighted by molar-refractivity contribution is 0.198. The fourth-order valence-corrected chi connectivity index (χ4v) is 1.87. The molecule has 0 aliphatic heterocycles. The molecule has 1 heteroatoms. The van der Waals surface area contributed by atoms with Gasteiger partial charge in [0.05, 0.1) is 6.10 Å². The average Bonchev–Trinajstić information content (AvgIpc) is 2.17. The number of allylic oxidation sites excluding steroid dienone is 2. The maximum absolute atomic E-state index is 9.62. The molecule has 0 aromatic rings. The van der Waals surface area contributed by atoms with E-state index in [-0.39, 0.29) is 6.10 Å². The van der Waals surface area contributed by atoms with Crippen molar-refractivity contribution in [2.24, 2.45) is 5.92 Å². The molecular weight excluding hydrogens is 160 g/mol. The predicted molar refractivity (Wildman–Crippen MR) is 56.5 cm³/mol. The van der Waals surface area contributed by atoms with Gasteiger partial charge in [-0.1, -0.05) is 25.2 Å². The van der Waals surface area contributed by atoms with E-state index in [0.717, 1.165) is 25.7 Å². The highest BCUT2D eigenvalue weighted by atomic mass is 16.3. The van der Waals surface area contributed by atoms with Crippen LogP contribution in [-0.2, 0) is 0 Å². The summed E-state index contributed by atoms with van der Waals surface area (Å²) in [7, 11) is 0. The monoisotopic (exact) mass is 180 g/mol. The van der Waals surface area contributed by atoms with Crippen molar-refractivity contribution >= 4 is 0 Å². The Morgan fingerprint density at radius 1 is 1.77 bits per heavy atom. The first-order chi connectivity index (χ1) is 6.15. The van der Waals surface area contributed by atoms with Gasteiger partial charge >= 0.3 is 0 Å². The molecule has 0 aromatic heterocycles. The van der Waals surface area contributed by atoms with Crippen LogP contribution in [0.5, 0.6) is 0 Å². The molecule has 1 rings (SSSR count). The minimum absolute atomic E-state index is 0.203. The number of aliphatic hydroxyl groups excluding tert-OH is 1. The van der Waals surface area contributed by atoms with E-state index in [2.05, 4.69) is 19.6 Å². The standard InChI is InChI=1S/C12H20O/c1-4-12(13)11-7-5-10(6-8-11)9(2)3/h7,10,12-13H,2,4-6,8H2,1,3H3. The Labute approximate surface area is 81.2 Å². The summed E-state index contributed by atoms with van der Waals surface area (Å²) in [4.78, 5) is 0. The first-order valence-corrected chi connectivity index (χ1v) is 5.17. The lowest BCUT2D eigenvalue weighted by atomic mass is 9.83. The quantitative estimate of drug-likeness (QED) is 0.662. The second-order valence-corrected chi connectivity index (χ2v) is 4.02. The van der Waals surface area contributed by atoms with Gasteiger partial charge in [0.25, 0.3) is 0 Å². The molecule has 13 heavy (non-hydrogen) atoms. The number of hydrogen-bond acceptors (Lipinski definition) is 1. The van der Waals surface area contributed by atoms with E-state index < -0.39 is 0 Å². The van der Waals surface area contributed by atoms with Crippen LogP contribution in [0.3, 0.4) is 0 Å². The smallest absolute Gasteiger partial charge is 0.0747 e. The second kappa shape index (κ2) is 4.61.